The summed E-state index contributed by atoms with van der Waals surface area (Å²) in [5.41, 5.74) is 10.8. The Bertz CT molecular complexity index is 521. The molecule has 0 bridgehead atoms. The maximum atomic E-state index is 11.7. The van der Waals surface area contributed by atoms with Crippen molar-refractivity contribution in [3.05, 3.63) is 34.3 Å². The molecule has 8 heteroatoms. The highest BCUT2D eigenvalue weighted by Gasteiger charge is 2.24. The van der Waals surface area contributed by atoms with Gasteiger partial charge in [-0.15, -0.1) is 0 Å². The zero-order valence-corrected chi connectivity index (χ0v) is 12.3. The fourth-order valence-corrected chi connectivity index (χ4v) is 1.93. The van der Waals surface area contributed by atoms with Crippen molar-refractivity contribution in [3.8, 4) is 0 Å². The number of benzene rings is 1. The second-order valence-corrected chi connectivity index (χ2v) is 5.05. The number of hydrogen-bond donors (Lipinski definition) is 4. The van der Waals surface area contributed by atoms with E-state index >= 15 is 0 Å². The van der Waals surface area contributed by atoms with Crippen molar-refractivity contribution in [3.63, 3.8) is 0 Å². The molecular formula is C12H15BrN4O3. The van der Waals surface area contributed by atoms with Crippen LogP contribution in [0.1, 0.15) is 18.5 Å². The van der Waals surface area contributed by atoms with Crippen LogP contribution in [0.3, 0.4) is 0 Å². The third kappa shape index (κ3) is 4.54. The smallest absolute Gasteiger partial charge is 0.316 e. The largest absolute Gasteiger partial charge is 0.367 e. The highest BCUT2D eigenvalue weighted by molar-refractivity contribution is 9.10. The van der Waals surface area contributed by atoms with Gasteiger partial charge in [0.1, 0.15) is 0 Å². The fourth-order valence-electron chi connectivity index (χ4n) is 1.51. The molecule has 0 aliphatic carbocycles. The molecule has 4 amide bonds. The molecule has 0 saturated heterocycles. The van der Waals surface area contributed by atoms with Gasteiger partial charge in [0.15, 0.2) is 6.04 Å². The molecule has 6 N–H and O–H groups in total. The van der Waals surface area contributed by atoms with E-state index in [9.17, 15) is 14.4 Å². The fraction of sp³-hybridized carbons (Fsp3) is 0.250. The van der Waals surface area contributed by atoms with Gasteiger partial charge in [0.05, 0.1) is 6.04 Å². The Balaban J connectivity index is 2.66. The van der Waals surface area contributed by atoms with Gasteiger partial charge in [0, 0.05) is 4.47 Å². The molecule has 0 aliphatic rings. The molecule has 1 atom stereocenters. The average Bonchev–Trinajstić information content (AvgIpc) is 2.35. The van der Waals surface area contributed by atoms with Crippen LogP contribution >= 0.6 is 15.9 Å². The van der Waals surface area contributed by atoms with E-state index in [-0.39, 0.29) is 6.04 Å². The maximum absolute atomic E-state index is 11.7. The minimum Gasteiger partial charge on any atom is -0.367 e. The number of primary amides is 2. The Kier molecular flexibility index (Phi) is 5.51. The zero-order chi connectivity index (χ0) is 15.3. The summed E-state index contributed by atoms with van der Waals surface area (Å²) in [4.78, 5) is 33.6. The van der Waals surface area contributed by atoms with Crippen LogP contribution in [0, 0.1) is 0 Å². The first kappa shape index (κ1) is 16.0. The molecule has 1 rings (SSSR count). The van der Waals surface area contributed by atoms with Crippen molar-refractivity contribution in [2.45, 2.75) is 19.0 Å². The Morgan fingerprint density at radius 1 is 1.15 bits per heavy atom. The maximum Gasteiger partial charge on any atom is 0.316 e. The van der Waals surface area contributed by atoms with Crippen molar-refractivity contribution in [1.82, 2.24) is 10.6 Å². The zero-order valence-electron chi connectivity index (χ0n) is 10.7. The Labute approximate surface area is 124 Å². The van der Waals surface area contributed by atoms with Gasteiger partial charge in [0.2, 0.25) is 11.8 Å². The molecule has 20 heavy (non-hydrogen) atoms. The summed E-state index contributed by atoms with van der Waals surface area (Å²) in [6, 6.07) is 4.77. The molecule has 0 radical (unpaired) electrons. The number of urea groups is 1. The Morgan fingerprint density at radius 2 is 1.75 bits per heavy atom. The van der Waals surface area contributed by atoms with Gasteiger partial charge >= 0.3 is 6.03 Å². The number of hydrogen-bond acceptors (Lipinski definition) is 3. The Hall–Kier alpha value is -2.09. The Morgan fingerprint density at radius 3 is 2.25 bits per heavy atom. The quantitative estimate of drug-likeness (QED) is 0.568. The van der Waals surface area contributed by atoms with E-state index in [0.29, 0.717) is 0 Å². The summed E-state index contributed by atoms with van der Waals surface area (Å²) in [6.07, 6.45) is 0. The lowest BCUT2D eigenvalue weighted by Crippen LogP contribution is -2.55. The molecule has 0 saturated carbocycles. The molecule has 0 aliphatic heterocycles. The van der Waals surface area contributed by atoms with Crippen LogP contribution in [0.2, 0.25) is 0 Å². The van der Waals surface area contributed by atoms with Gasteiger partial charge in [-0.2, -0.15) is 0 Å². The highest BCUT2D eigenvalue weighted by Crippen LogP contribution is 2.17. The van der Waals surface area contributed by atoms with Crippen LogP contribution in [0.5, 0.6) is 0 Å². The molecule has 7 nitrogen and oxygen atoms in total. The van der Waals surface area contributed by atoms with Gasteiger partial charge in [-0.05, 0) is 24.6 Å². The minimum absolute atomic E-state index is 0.325. The van der Waals surface area contributed by atoms with Crippen molar-refractivity contribution < 1.29 is 14.4 Å². The van der Waals surface area contributed by atoms with Crippen LogP contribution in [0.4, 0.5) is 4.79 Å². The summed E-state index contributed by atoms with van der Waals surface area (Å²) in [5, 5.41) is 4.70. The van der Waals surface area contributed by atoms with E-state index in [1.807, 2.05) is 24.3 Å². The van der Waals surface area contributed by atoms with Crippen LogP contribution in [-0.2, 0) is 9.59 Å². The van der Waals surface area contributed by atoms with Gasteiger partial charge < -0.3 is 22.1 Å². The molecule has 1 aromatic rings. The lowest BCUT2D eigenvalue weighted by Gasteiger charge is -2.17. The van der Waals surface area contributed by atoms with Gasteiger partial charge in [-0.3, -0.25) is 9.59 Å². The molecule has 108 valence electrons. The standard InChI is InChI=1S/C12H15BrN4O3/c1-6(7-3-2-4-8(13)5-7)16-12(20)17-9(10(14)18)11(15)19/h2-6,9H,1H3,(H2,14,18)(H2,15,19)(H2,16,17,20)/t6-/m0/s1. The van der Waals surface area contributed by atoms with E-state index < -0.39 is 23.9 Å². The molecule has 0 heterocycles. The SMILES string of the molecule is C[C@H](NC(=O)NC(C(N)=O)C(N)=O)c1cccc(Br)c1. The predicted octanol–water partition coefficient (Wildman–Crippen LogP) is 0.149. The number of rotatable bonds is 5. The van der Waals surface area contributed by atoms with Crippen molar-refractivity contribution in [2.24, 2.45) is 11.5 Å². The topological polar surface area (TPSA) is 127 Å². The van der Waals surface area contributed by atoms with Crippen LogP contribution in [0.25, 0.3) is 0 Å². The van der Waals surface area contributed by atoms with Gasteiger partial charge in [-0.25, -0.2) is 4.79 Å². The molecule has 1 aromatic carbocycles. The third-order valence-corrected chi connectivity index (χ3v) is 3.03. The number of nitrogens with two attached hydrogens (primary N) is 2. The van der Waals surface area contributed by atoms with Crippen molar-refractivity contribution >= 4 is 33.8 Å². The van der Waals surface area contributed by atoms with Crippen molar-refractivity contribution in [2.75, 3.05) is 0 Å². The van der Waals surface area contributed by atoms with E-state index in [2.05, 4.69) is 26.6 Å². The van der Waals surface area contributed by atoms with E-state index in [0.717, 1.165) is 10.0 Å². The summed E-state index contributed by atoms with van der Waals surface area (Å²) >= 11 is 3.32. The second-order valence-electron chi connectivity index (χ2n) is 4.13. The minimum atomic E-state index is -1.54. The molecule has 0 spiro atoms. The summed E-state index contributed by atoms with van der Waals surface area (Å²) in [5.74, 6) is -2.02. The van der Waals surface area contributed by atoms with Gasteiger partial charge in [-0.1, -0.05) is 28.1 Å². The number of carbonyl (C=O) groups is 3. The molecular weight excluding hydrogens is 328 g/mol. The third-order valence-electron chi connectivity index (χ3n) is 2.54. The first-order valence-corrected chi connectivity index (χ1v) is 6.51. The van der Waals surface area contributed by atoms with Crippen LogP contribution < -0.4 is 22.1 Å². The number of halogens is 1. The van der Waals surface area contributed by atoms with E-state index in [1.165, 1.54) is 0 Å². The van der Waals surface area contributed by atoms with Crippen molar-refractivity contribution in [1.29, 1.82) is 0 Å². The molecule has 0 unspecified atom stereocenters. The average molecular weight is 343 g/mol. The lowest BCUT2D eigenvalue weighted by atomic mass is 10.1. The van der Waals surface area contributed by atoms with Gasteiger partial charge in [0.25, 0.3) is 0 Å². The first-order chi connectivity index (χ1) is 9.31. The lowest BCUT2D eigenvalue weighted by molar-refractivity contribution is -0.128. The van der Waals surface area contributed by atoms with E-state index in [1.54, 1.807) is 6.92 Å². The molecule has 0 fully saturated rings. The monoisotopic (exact) mass is 342 g/mol. The number of nitrogens with one attached hydrogen (secondary N) is 2. The number of carbonyl (C=O) groups excluding carboxylic acids is 3. The summed E-state index contributed by atoms with van der Waals surface area (Å²) in [7, 11) is 0. The number of amides is 4. The highest BCUT2D eigenvalue weighted by atomic mass is 79.9. The second kappa shape index (κ2) is 6.90. The normalized spacial score (nSPS) is 11.8. The predicted molar refractivity (Wildman–Crippen MR) is 76.4 cm³/mol. The first-order valence-electron chi connectivity index (χ1n) is 5.72. The van der Waals surface area contributed by atoms with E-state index in [4.69, 9.17) is 11.5 Å². The van der Waals surface area contributed by atoms with Crippen LogP contribution in [-0.4, -0.2) is 23.9 Å². The van der Waals surface area contributed by atoms with Crippen LogP contribution in [0.15, 0.2) is 28.7 Å². The molecule has 0 aromatic heterocycles. The summed E-state index contributed by atoms with van der Waals surface area (Å²) < 4.78 is 0.871. The summed E-state index contributed by atoms with van der Waals surface area (Å²) in [6.45, 7) is 1.75.